The number of hydrogen-bond donors (Lipinski definition) is 1. The van der Waals surface area contributed by atoms with Crippen molar-refractivity contribution >= 4 is 6.47 Å². The van der Waals surface area contributed by atoms with Crippen molar-refractivity contribution in [2.75, 3.05) is 20.2 Å². The molecule has 2 unspecified atom stereocenters. The summed E-state index contributed by atoms with van der Waals surface area (Å²) in [5, 5.41) is 3.22. The second-order valence-corrected chi connectivity index (χ2v) is 3.23. The minimum absolute atomic E-state index is 0. The number of allylic oxidation sites excluding steroid dienone is 2. The molecule has 4 heteroatoms. The number of ether oxygens (including phenoxy) is 1. The lowest BCUT2D eigenvalue weighted by Gasteiger charge is -2.13. The van der Waals surface area contributed by atoms with E-state index in [2.05, 4.69) is 10.1 Å². The Kier molecular flexibility index (Phi) is 4.32. The molecular formula is C10H20FNO2. The van der Waals surface area contributed by atoms with Gasteiger partial charge in [0.2, 0.25) is 0 Å². The lowest BCUT2D eigenvalue weighted by molar-refractivity contribution is -0.126. The summed E-state index contributed by atoms with van der Waals surface area (Å²) in [6.07, 6.45) is 5.23. The highest BCUT2D eigenvalue weighted by Crippen LogP contribution is 2.25. The van der Waals surface area contributed by atoms with E-state index in [1.54, 1.807) is 12.2 Å². The van der Waals surface area contributed by atoms with Gasteiger partial charge in [-0.2, -0.15) is 0 Å². The molecule has 2 aliphatic rings. The molecule has 0 saturated carbocycles. The lowest BCUT2D eigenvalue weighted by Crippen LogP contribution is -2.09. The van der Waals surface area contributed by atoms with Gasteiger partial charge in [0.05, 0.1) is 7.11 Å². The van der Waals surface area contributed by atoms with E-state index in [-0.39, 0.29) is 10.1 Å². The minimum Gasteiger partial charge on any atom is -0.471 e. The predicted molar refractivity (Wildman–Crippen MR) is 57.6 cm³/mol. The molecule has 14 heavy (non-hydrogen) atoms. The summed E-state index contributed by atoms with van der Waals surface area (Å²) in [6, 6.07) is 0. The molecule has 1 aliphatic heterocycles. The second kappa shape index (κ2) is 5.54. The fourth-order valence-corrected chi connectivity index (χ4v) is 1.59. The van der Waals surface area contributed by atoms with E-state index < -0.39 is 0 Å². The predicted octanol–water partition coefficient (Wildman–Crippen LogP) is 1.77. The first-order valence-corrected chi connectivity index (χ1v) is 4.50. The summed E-state index contributed by atoms with van der Waals surface area (Å²) >= 11 is 0. The van der Waals surface area contributed by atoms with Gasteiger partial charge < -0.3 is 10.1 Å². The number of nitrogens with one attached hydrogen (secondary N) is 1. The van der Waals surface area contributed by atoms with Crippen LogP contribution in [0.3, 0.4) is 0 Å². The van der Waals surface area contributed by atoms with Crippen LogP contribution in [0.4, 0.5) is 4.39 Å². The van der Waals surface area contributed by atoms with E-state index in [1.165, 1.54) is 7.11 Å². The van der Waals surface area contributed by atoms with E-state index in [4.69, 9.17) is 4.79 Å². The highest BCUT2D eigenvalue weighted by atomic mass is 19.1. The molecule has 1 saturated heterocycles. The van der Waals surface area contributed by atoms with Crippen LogP contribution < -0.4 is 5.32 Å². The highest BCUT2D eigenvalue weighted by molar-refractivity contribution is 5.36. The topological polar surface area (TPSA) is 38.3 Å². The van der Waals surface area contributed by atoms with Gasteiger partial charge in [0.15, 0.2) is 0 Å². The van der Waals surface area contributed by atoms with Crippen LogP contribution in [0.1, 0.15) is 4.28 Å². The smallest absolute Gasteiger partial charge is 0.292 e. The Hall–Kier alpha value is -1.16. The third-order valence-corrected chi connectivity index (χ3v) is 2.28. The van der Waals surface area contributed by atoms with Crippen LogP contribution in [0.15, 0.2) is 24.1 Å². The van der Waals surface area contributed by atoms with Crippen LogP contribution in [-0.4, -0.2) is 26.7 Å². The van der Waals surface area contributed by atoms with E-state index in [1.807, 2.05) is 6.08 Å². The van der Waals surface area contributed by atoms with Crippen molar-refractivity contribution in [3.8, 4) is 0 Å². The molecule has 2 atom stereocenters. The average Bonchev–Trinajstić information content (AvgIpc) is 2.65. The molecule has 0 amide bonds. The van der Waals surface area contributed by atoms with Gasteiger partial charge in [-0.15, -0.1) is 0 Å². The normalized spacial score (nSPS) is 28.3. The molecule has 1 heterocycles. The molecule has 0 bridgehead atoms. The van der Waals surface area contributed by atoms with Gasteiger partial charge in [0.1, 0.15) is 5.83 Å². The summed E-state index contributed by atoms with van der Waals surface area (Å²) in [4.78, 5) is 8.95. The molecular weight excluding hydrogens is 185 g/mol. The molecule has 1 N–H and O–H groups in total. The van der Waals surface area contributed by atoms with E-state index in [0.29, 0.717) is 18.3 Å². The maximum Gasteiger partial charge on any atom is 0.292 e. The van der Waals surface area contributed by atoms with E-state index in [0.717, 1.165) is 13.1 Å². The Morgan fingerprint density at radius 2 is 2.29 bits per heavy atom. The first-order valence-electron chi connectivity index (χ1n) is 4.50. The van der Waals surface area contributed by atoms with Crippen molar-refractivity contribution in [2.45, 2.75) is 0 Å². The maximum absolute atomic E-state index is 12.6. The molecule has 0 aromatic rings. The number of hydrogen-bond acceptors (Lipinski definition) is 3. The van der Waals surface area contributed by atoms with Crippen molar-refractivity contribution in [3.63, 3.8) is 0 Å². The third kappa shape index (κ3) is 2.96. The number of methoxy groups -OCH3 is 1. The van der Waals surface area contributed by atoms with Crippen molar-refractivity contribution < 1.29 is 18.2 Å². The van der Waals surface area contributed by atoms with Crippen LogP contribution in [-0.2, 0) is 9.53 Å². The number of carbonyl (C=O) groups is 1. The van der Waals surface area contributed by atoms with E-state index >= 15 is 0 Å². The zero-order valence-corrected chi connectivity index (χ0v) is 8.07. The van der Waals surface area contributed by atoms with Gasteiger partial charge in [0, 0.05) is 17.4 Å². The average molecular weight is 205 g/mol. The largest absolute Gasteiger partial charge is 0.471 e. The Balaban J connectivity index is -0.000000252. The fourth-order valence-electron chi connectivity index (χ4n) is 1.59. The number of halogens is 1. The second-order valence-electron chi connectivity index (χ2n) is 3.23. The molecule has 1 fully saturated rings. The first-order chi connectivity index (χ1) is 6.77. The minimum atomic E-state index is -0.0787. The molecule has 84 valence electrons. The molecule has 0 spiro atoms. The maximum atomic E-state index is 12.6. The Morgan fingerprint density at radius 3 is 2.93 bits per heavy atom. The first kappa shape index (κ1) is 10.9. The quantitative estimate of drug-likeness (QED) is 0.663. The Morgan fingerprint density at radius 1 is 1.64 bits per heavy atom. The zero-order chi connectivity index (χ0) is 10.4. The summed E-state index contributed by atoms with van der Waals surface area (Å²) in [5.74, 6) is 0.870. The highest BCUT2D eigenvalue weighted by Gasteiger charge is 2.25. The standard InChI is InChI=1S/C8H10FN.C2H4O2.3H2/c9-8-2-1-6-4-10-5-7(6)3-8;1-4-2-3;;;/h1-3,6-7,10H,4-5H2;2H,1H3;3*1H. The summed E-state index contributed by atoms with van der Waals surface area (Å²) in [6.45, 7) is 2.31. The van der Waals surface area contributed by atoms with Crippen LogP contribution in [0.2, 0.25) is 0 Å². The van der Waals surface area contributed by atoms with Gasteiger partial charge in [-0.05, 0) is 24.0 Å². The molecule has 2 rings (SSSR count). The van der Waals surface area contributed by atoms with Crippen LogP contribution >= 0.6 is 0 Å². The Labute approximate surface area is 87.1 Å². The van der Waals surface area contributed by atoms with E-state index in [9.17, 15) is 4.39 Å². The number of fused-ring (bicyclic) bond motifs is 1. The summed E-state index contributed by atoms with van der Waals surface area (Å²) in [5.41, 5.74) is 0. The molecule has 0 radical (unpaired) electrons. The van der Waals surface area contributed by atoms with Crippen molar-refractivity contribution in [1.82, 2.24) is 5.32 Å². The zero-order valence-electron chi connectivity index (χ0n) is 8.07. The lowest BCUT2D eigenvalue weighted by atomic mass is 9.92. The molecule has 1 aliphatic carbocycles. The summed E-state index contributed by atoms with van der Waals surface area (Å²) in [7, 11) is 1.31. The fraction of sp³-hybridized carbons (Fsp3) is 0.500. The van der Waals surface area contributed by atoms with Crippen molar-refractivity contribution in [2.24, 2.45) is 11.8 Å². The Bertz CT molecular complexity index is 262. The van der Waals surface area contributed by atoms with Gasteiger partial charge in [0.25, 0.3) is 6.47 Å². The SMILES string of the molecule is COC=O.FC1=CC2CNCC2C=C1.[HH].[HH].[HH]. The monoisotopic (exact) mass is 205 g/mol. The van der Waals surface area contributed by atoms with Crippen molar-refractivity contribution in [1.29, 1.82) is 0 Å². The van der Waals surface area contributed by atoms with Gasteiger partial charge >= 0.3 is 0 Å². The van der Waals surface area contributed by atoms with Gasteiger partial charge in [-0.3, -0.25) is 4.79 Å². The van der Waals surface area contributed by atoms with Crippen LogP contribution in [0.5, 0.6) is 0 Å². The molecule has 0 aromatic carbocycles. The third-order valence-electron chi connectivity index (χ3n) is 2.28. The number of rotatable bonds is 1. The van der Waals surface area contributed by atoms with Gasteiger partial charge in [-0.1, -0.05) is 6.08 Å². The molecule has 3 nitrogen and oxygen atoms in total. The van der Waals surface area contributed by atoms with Crippen LogP contribution in [0, 0.1) is 11.8 Å². The van der Waals surface area contributed by atoms with Crippen LogP contribution in [0.25, 0.3) is 0 Å². The van der Waals surface area contributed by atoms with Crippen molar-refractivity contribution in [3.05, 3.63) is 24.1 Å². The number of carbonyl (C=O) groups excluding carboxylic acids is 1. The van der Waals surface area contributed by atoms with Gasteiger partial charge in [-0.25, -0.2) is 4.39 Å². The molecule has 0 aromatic heterocycles. The summed E-state index contributed by atoms with van der Waals surface area (Å²) < 4.78 is 16.4.